The number of halogens is 2. The topological polar surface area (TPSA) is 67.2 Å². The third-order valence-corrected chi connectivity index (χ3v) is 4.01. The molecule has 2 aromatic rings. The summed E-state index contributed by atoms with van der Waals surface area (Å²) >= 11 is 12.2. The molecule has 0 aliphatic carbocycles. The molecule has 0 amide bonds. The second-order valence-corrected chi connectivity index (χ2v) is 6.08. The van der Waals surface area contributed by atoms with Crippen LogP contribution in [-0.4, -0.2) is 19.3 Å². The lowest BCUT2D eigenvalue weighted by Crippen LogP contribution is -2.31. The van der Waals surface area contributed by atoms with Crippen LogP contribution in [-0.2, 0) is 0 Å². The van der Waals surface area contributed by atoms with E-state index in [2.05, 4.69) is 10.0 Å². The van der Waals surface area contributed by atoms with Crippen LogP contribution in [0, 0.1) is 6.92 Å². The highest BCUT2D eigenvalue weighted by Crippen LogP contribution is 2.44. The number of azide groups is 1. The van der Waals surface area contributed by atoms with E-state index in [1.165, 1.54) is 0 Å². The SMILES string of the molecule is Cc1cc(Cl)ccc1-c1cc(Cl)cc2c1O[C@@H](CN=[N+]=[N-])CO2. The molecule has 1 heterocycles. The molecule has 0 fully saturated rings. The van der Waals surface area contributed by atoms with Crippen LogP contribution in [0.2, 0.25) is 10.0 Å². The molecule has 1 aliphatic rings. The van der Waals surface area contributed by atoms with Gasteiger partial charge in [0.2, 0.25) is 0 Å². The molecule has 0 spiro atoms. The summed E-state index contributed by atoms with van der Waals surface area (Å²) < 4.78 is 11.7. The second-order valence-electron chi connectivity index (χ2n) is 5.20. The van der Waals surface area contributed by atoms with Crippen molar-refractivity contribution in [3.8, 4) is 22.6 Å². The number of hydrogen-bond donors (Lipinski definition) is 0. The number of benzene rings is 2. The maximum Gasteiger partial charge on any atom is 0.169 e. The van der Waals surface area contributed by atoms with Crippen LogP contribution in [0.5, 0.6) is 11.5 Å². The molecule has 5 nitrogen and oxygen atoms in total. The van der Waals surface area contributed by atoms with E-state index in [-0.39, 0.29) is 12.6 Å². The lowest BCUT2D eigenvalue weighted by atomic mass is 9.99. The summed E-state index contributed by atoms with van der Waals surface area (Å²) in [5.41, 5.74) is 11.2. The van der Waals surface area contributed by atoms with Crippen LogP contribution in [0.25, 0.3) is 21.6 Å². The van der Waals surface area contributed by atoms with Crippen molar-refractivity contribution >= 4 is 23.2 Å². The van der Waals surface area contributed by atoms with E-state index in [1.807, 2.05) is 31.2 Å². The summed E-state index contributed by atoms with van der Waals surface area (Å²) in [7, 11) is 0. The lowest BCUT2D eigenvalue weighted by molar-refractivity contribution is 0.0977. The van der Waals surface area contributed by atoms with Gasteiger partial charge in [-0.05, 0) is 41.8 Å². The van der Waals surface area contributed by atoms with E-state index in [4.69, 9.17) is 38.2 Å². The number of rotatable bonds is 3. The fourth-order valence-corrected chi connectivity index (χ4v) is 2.96. The Kier molecular flexibility index (Phi) is 4.53. The summed E-state index contributed by atoms with van der Waals surface area (Å²) in [6, 6.07) is 9.17. The van der Waals surface area contributed by atoms with Crippen molar-refractivity contribution in [2.24, 2.45) is 5.11 Å². The summed E-state index contributed by atoms with van der Waals surface area (Å²) in [5.74, 6) is 1.18. The fourth-order valence-electron chi connectivity index (χ4n) is 2.53. The van der Waals surface area contributed by atoms with Crippen LogP contribution in [0.4, 0.5) is 0 Å². The summed E-state index contributed by atoms with van der Waals surface area (Å²) in [6.45, 7) is 2.48. The van der Waals surface area contributed by atoms with Gasteiger partial charge in [0.25, 0.3) is 0 Å². The van der Waals surface area contributed by atoms with Gasteiger partial charge < -0.3 is 9.47 Å². The van der Waals surface area contributed by atoms with Gasteiger partial charge >= 0.3 is 0 Å². The van der Waals surface area contributed by atoms with Gasteiger partial charge in [-0.25, -0.2) is 0 Å². The third-order valence-electron chi connectivity index (χ3n) is 3.56. The predicted molar refractivity (Wildman–Crippen MR) is 90.6 cm³/mol. The van der Waals surface area contributed by atoms with Gasteiger partial charge in [0.1, 0.15) is 12.7 Å². The van der Waals surface area contributed by atoms with Gasteiger partial charge in [-0.1, -0.05) is 34.4 Å². The number of hydrogen-bond acceptors (Lipinski definition) is 3. The van der Waals surface area contributed by atoms with E-state index in [1.54, 1.807) is 6.07 Å². The average Bonchev–Trinajstić information content (AvgIpc) is 2.52. The molecule has 0 N–H and O–H groups in total. The Morgan fingerprint density at radius 2 is 2.04 bits per heavy atom. The number of fused-ring (bicyclic) bond motifs is 1. The van der Waals surface area contributed by atoms with Gasteiger partial charge in [-0.3, -0.25) is 0 Å². The molecule has 7 heteroatoms. The Balaban J connectivity index is 2.07. The molecule has 118 valence electrons. The quantitative estimate of drug-likeness (QED) is 0.421. The minimum Gasteiger partial charge on any atom is -0.486 e. The van der Waals surface area contributed by atoms with Gasteiger partial charge in [0.05, 0.1) is 6.54 Å². The van der Waals surface area contributed by atoms with Gasteiger partial charge in [0, 0.05) is 26.6 Å². The largest absolute Gasteiger partial charge is 0.486 e. The summed E-state index contributed by atoms with van der Waals surface area (Å²) in [6.07, 6.45) is -0.328. The minimum atomic E-state index is -0.328. The third kappa shape index (κ3) is 3.32. The van der Waals surface area contributed by atoms with E-state index in [0.29, 0.717) is 28.2 Å². The molecule has 23 heavy (non-hydrogen) atoms. The van der Waals surface area contributed by atoms with E-state index >= 15 is 0 Å². The Morgan fingerprint density at radius 1 is 1.22 bits per heavy atom. The zero-order valence-electron chi connectivity index (χ0n) is 12.3. The molecule has 0 bridgehead atoms. The summed E-state index contributed by atoms with van der Waals surface area (Å²) in [4.78, 5) is 2.76. The first kappa shape index (κ1) is 15.8. The molecule has 0 unspecified atom stereocenters. The van der Waals surface area contributed by atoms with Crippen LogP contribution in [0.1, 0.15) is 5.56 Å². The van der Waals surface area contributed by atoms with Crippen molar-refractivity contribution in [3.05, 3.63) is 56.4 Å². The zero-order valence-corrected chi connectivity index (χ0v) is 13.8. The molecule has 0 saturated carbocycles. The molecule has 0 radical (unpaired) electrons. The number of ether oxygens (including phenoxy) is 2. The second kappa shape index (κ2) is 6.59. The monoisotopic (exact) mass is 349 g/mol. The highest BCUT2D eigenvalue weighted by atomic mass is 35.5. The Morgan fingerprint density at radius 3 is 2.78 bits per heavy atom. The predicted octanol–water partition coefficient (Wildman–Crippen LogP) is 5.42. The van der Waals surface area contributed by atoms with Crippen LogP contribution < -0.4 is 9.47 Å². The highest BCUT2D eigenvalue weighted by Gasteiger charge is 2.25. The van der Waals surface area contributed by atoms with Crippen molar-refractivity contribution < 1.29 is 9.47 Å². The van der Waals surface area contributed by atoms with Gasteiger partial charge in [-0.15, -0.1) is 0 Å². The van der Waals surface area contributed by atoms with Crippen molar-refractivity contribution in [2.75, 3.05) is 13.2 Å². The van der Waals surface area contributed by atoms with Crippen molar-refractivity contribution in [3.63, 3.8) is 0 Å². The lowest BCUT2D eigenvalue weighted by Gasteiger charge is -2.28. The smallest absolute Gasteiger partial charge is 0.169 e. The van der Waals surface area contributed by atoms with Gasteiger partial charge in [0.15, 0.2) is 11.5 Å². The Bertz CT molecular complexity index is 804. The van der Waals surface area contributed by atoms with Crippen LogP contribution in [0.15, 0.2) is 35.4 Å². The van der Waals surface area contributed by atoms with E-state index in [0.717, 1.165) is 16.7 Å². The highest BCUT2D eigenvalue weighted by molar-refractivity contribution is 6.31. The first-order chi connectivity index (χ1) is 11.1. The fraction of sp³-hybridized carbons (Fsp3) is 0.250. The maximum atomic E-state index is 8.46. The molecule has 0 saturated heterocycles. The molecule has 3 rings (SSSR count). The summed E-state index contributed by atoms with van der Waals surface area (Å²) in [5, 5.41) is 4.78. The van der Waals surface area contributed by atoms with Gasteiger partial charge in [-0.2, -0.15) is 0 Å². The van der Waals surface area contributed by atoms with Crippen molar-refractivity contribution in [1.29, 1.82) is 0 Å². The van der Waals surface area contributed by atoms with E-state index < -0.39 is 0 Å². The first-order valence-corrected chi connectivity index (χ1v) is 7.74. The zero-order chi connectivity index (χ0) is 16.4. The average molecular weight is 350 g/mol. The number of nitrogens with zero attached hydrogens (tertiary/aromatic N) is 3. The van der Waals surface area contributed by atoms with Crippen LogP contribution >= 0.6 is 23.2 Å². The number of aryl methyl sites for hydroxylation is 1. The Labute approximate surface area is 143 Å². The van der Waals surface area contributed by atoms with E-state index in [9.17, 15) is 0 Å². The minimum absolute atomic E-state index is 0.206. The maximum absolute atomic E-state index is 8.46. The Hall–Kier alpha value is -2.07. The molecule has 1 atom stereocenters. The molecular formula is C16H13Cl2N3O2. The van der Waals surface area contributed by atoms with Crippen LogP contribution in [0.3, 0.4) is 0 Å². The first-order valence-electron chi connectivity index (χ1n) is 6.99. The molecule has 1 aliphatic heterocycles. The standard InChI is InChI=1S/C16H13Cl2N3O2/c1-9-4-10(17)2-3-13(9)14-5-11(18)6-15-16(14)23-12(8-22-15)7-20-21-19/h2-6,12H,7-8H2,1H3/t12-/m0/s1. The van der Waals surface area contributed by atoms with Crippen molar-refractivity contribution in [1.82, 2.24) is 0 Å². The molecular weight excluding hydrogens is 337 g/mol. The van der Waals surface area contributed by atoms with Crippen molar-refractivity contribution in [2.45, 2.75) is 13.0 Å². The molecule has 0 aromatic heterocycles. The molecule has 2 aromatic carbocycles. The normalized spacial score (nSPS) is 15.9.